The van der Waals surface area contributed by atoms with Crippen molar-refractivity contribution in [2.75, 3.05) is 33.4 Å². The third-order valence-electron chi connectivity index (χ3n) is 4.24. The summed E-state index contributed by atoms with van der Waals surface area (Å²) in [5.74, 6) is 0.287. The van der Waals surface area contributed by atoms with Gasteiger partial charge in [-0.25, -0.2) is 8.42 Å². The van der Waals surface area contributed by atoms with E-state index in [0.29, 0.717) is 31.2 Å². The second-order valence-electron chi connectivity index (χ2n) is 5.44. The largest absolute Gasteiger partial charge is 0.384 e. The van der Waals surface area contributed by atoms with Crippen LogP contribution in [0.2, 0.25) is 0 Å². The lowest BCUT2D eigenvalue weighted by molar-refractivity contribution is -0.111. The van der Waals surface area contributed by atoms with Crippen LogP contribution < -0.4 is 0 Å². The molecule has 2 heterocycles. The lowest BCUT2D eigenvalue weighted by Crippen LogP contribution is -2.66. The number of methoxy groups -OCH3 is 1. The Kier molecular flexibility index (Phi) is 3.58. The van der Waals surface area contributed by atoms with E-state index in [9.17, 15) is 8.42 Å². The SMILES string of the molecule is COC[C@@H]1CCOC12CN(S(=O)(=O)c1ccccc1)C2. The first-order chi connectivity index (χ1) is 9.58. The molecule has 0 radical (unpaired) electrons. The highest BCUT2D eigenvalue weighted by atomic mass is 32.2. The van der Waals surface area contributed by atoms with Gasteiger partial charge in [-0.15, -0.1) is 0 Å². The van der Waals surface area contributed by atoms with E-state index in [1.54, 1.807) is 31.4 Å². The molecule has 6 heteroatoms. The Balaban J connectivity index is 1.74. The van der Waals surface area contributed by atoms with Crippen molar-refractivity contribution in [1.29, 1.82) is 0 Å². The van der Waals surface area contributed by atoms with Crippen LogP contribution in [0.4, 0.5) is 0 Å². The Morgan fingerprint density at radius 2 is 2.05 bits per heavy atom. The summed E-state index contributed by atoms with van der Waals surface area (Å²) >= 11 is 0. The minimum atomic E-state index is -3.39. The molecule has 0 bridgehead atoms. The van der Waals surface area contributed by atoms with E-state index in [4.69, 9.17) is 9.47 Å². The maximum absolute atomic E-state index is 12.5. The average Bonchev–Trinajstić information content (AvgIpc) is 2.82. The second kappa shape index (κ2) is 5.11. The normalized spacial score (nSPS) is 25.8. The molecule has 110 valence electrons. The molecule has 0 saturated carbocycles. The molecule has 2 aliphatic rings. The molecule has 0 aromatic heterocycles. The maximum atomic E-state index is 12.5. The number of benzene rings is 1. The number of nitrogens with zero attached hydrogens (tertiary/aromatic N) is 1. The number of sulfonamides is 1. The second-order valence-corrected chi connectivity index (χ2v) is 7.38. The molecular formula is C14H19NO4S. The summed E-state index contributed by atoms with van der Waals surface area (Å²) in [7, 11) is -1.72. The van der Waals surface area contributed by atoms with Gasteiger partial charge in [0.05, 0.1) is 11.5 Å². The van der Waals surface area contributed by atoms with E-state index in [2.05, 4.69) is 0 Å². The van der Waals surface area contributed by atoms with Gasteiger partial charge in [0, 0.05) is 32.7 Å². The van der Waals surface area contributed by atoms with Gasteiger partial charge in [-0.3, -0.25) is 0 Å². The minimum Gasteiger partial charge on any atom is -0.384 e. The van der Waals surface area contributed by atoms with E-state index in [1.165, 1.54) is 4.31 Å². The lowest BCUT2D eigenvalue weighted by atomic mass is 9.83. The molecule has 0 unspecified atom stereocenters. The van der Waals surface area contributed by atoms with Crippen molar-refractivity contribution in [3.8, 4) is 0 Å². The topological polar surface area (TPSA) is 55.8 Å². The fraction of sp³-hybridized carbons (Fsp3) is 0.571. The Morgan fingerprint density at radius 1 is 1.35 bits per heavy atom. The molecule has 1 aromatic rings. The standard InChI is InChI=1S/C14H19NO4S/c1-18-9-12-7-8-19-14(12)10-15(11-14)20(16,17)13-5-3-2-4-6-13/h2-6,12H,7-11H2,1H3/t12-/m0/s1. The molecule has 2 saturated heterocycles. The summed E-state index contributed by atoms with van der Waals surface area (Å²) in [5, 5.41) is 0. The predicted octanol–water partition coefficient (Wildman–Crippen LogP) is 1.11. The number of hydrogen-bond donors (Lipinski definition) is 0. The molecule has 0 aliphatic carbocycles. The van der Waals surface area contributed by atoms with Crippen molar-refractivity contribution in [2.45, 2.75) is 16.9 Å². The summed E-state index contributed by atoms with van der Waals surface area (Å²) in [4.78, 5) is 0.344. The molecule has 1 aromatic carbocycles. The fourth-order valence-corrected chi connectivity index (χ4v) is 4.61. The molecule has 2 aliphatic heterocycles. The van der Waals surface area contributed by atoms with Crippen molar-refractivity contribution in [1.82, 2.24) is 4.31 Å². The van der Waals surface area contributed by atoms with E-state index in [0.717, 1.165) is 6.42 Å². The molecule has 0 N–H and O–H groups in total. The van der Waals surface area contributed by atoms with Crippen LogP contribution in [0.3, 0.4) is 0 Å². The Labute approximate surface area is 119 Å². The maximum Gasteiger partial charge on any atom is 0.243 e. The summed E-state index contributed by atoms with van der Waals surface area (Å²) < 4.78 is 37.4. The summed E-state index contributed by atoms with van der Waals surface area (Å²) in [6.45, 7) is 2.17. The van der Waals surface area contributed by atoms with Crippen molar-refractivity contribution in [2.24, 2.45) is 5.92 Å². The van der Waals surface area contributed by atoms with E-state index >= 15 is 0 Å². The molecule has 3 rings (SSSR count). The van der Waals surface area contributed by atoms with Crippen molar-refractivity contribution in [3.05, 3.63) is 30.3 Å². The number of ether oxygens (including phenoxy) is 2. The van der Waals surface area contributed by atoms with Gasteiger partial charge < -0.3 is 9.47 Å². The zero-order chi connectivity index (χ0) is 14.2. The minimum absolute atomic E-state index is 0.287. The van der Waals surface area contributed by atoms with Crippen LogP contribution in [0.1, 0.15) is 6.42 Å². The predicted molar refractivity (Wildman–Crippen MR) is 73.9 cm³/mol. The fourth-order valence-electron chi connectivity index (χ4n) is 3.03. The zero-order valence-electron chi connectivity index (χ0n) is 11.5. The molecular weight excluding hydrogens is 278 g/mol. The van der Waals surface area contributed by atoms with Crippen LogP contribution in [0.5, 0.6) is 0 Å². The van der Waals surface area contributed by atoms with Gasteiger partial charge in [0.2, 0.25) is 10.0 Å². The van der Waals surface area contributed by atoms with Gasteiger partial charge >= 0.3 is 0 Å². The molecule has 20 heavy (non-hydrogen) atoms. The van der Waals surface area contributed by atoms with Crippen LogP contribution in [0, 0.1) is 5.92 Å². The van der Waals surface area contributed by atoms with Gasteiger partial charge in [-0.1, -0.05) is 18.2 Å². The number of hydrogen-bond acceptors (Lipinski definition) is 4. The summed E-state index contributed by atoms with van der Waals surface area (Å²) in [6.07, 6.45) is 0.938. The zero-order valence-corrected chi connectivity index (χ0v) is 12.3. The lowest BCUT2D eigenvalue weighted by Gasteiger charge is -2.49. The van der Waals surface area contributed by atoms with E-state index in [-0.39, 0.29) is 11.5 Å². The highest BCUT2D eigenvalue weighted by molar-refractivity contribution is 7.89. The quantitative estimate of drug-likeness (QED) is 0.835. The molecule has 1 spiro atoms. The Hall–Kier alpha value is -0.950. The first-order valence-electron chi connectivity index (χ1n) is 6.77. The molecule has 5 nitrogen and oxygen atoms in total. The summed E-state index contributed by atoms with van der Waals surface area (Å²) in [6, 6.07) is 8.54. The highest BCUT2D eigenvalue weighted by Gasteiger charge is 2.56. The van der Waals surface area contributed by atoms with Crippen molar-refractivity contribution in [3.63, 3.8) is 0 Å². The first kappa shape index (κ1) is 14.0. The van der Waals surface area contributed by atoms with Gasteiger partial charge in [0.15, 0.2) is 0 Å². The van der Waals surface area contributed by atoms with Gasteiger partial charge in [0.25, 0.3) is 0 Å². The van der Waals surface area contributed by atoms with Crippen molar-refractivity contribution < 1.29 is 17.9 Å². The van der Waals surface area contributed by atoms with Gasteiger partial charge in [-0.2, -0.15) is 4.31 Å². The first-order valence-corrected chi connectivity index (χ1v) is 8.21. The average molecular weight is 297 g/mol. The van der Waals surface area contributed by atoms with Crippen LogP contribution in [0.25, 0.3) is 0 Å². The number of rotatable bonds is 4. The third-order valence-corrected chi connectivity index (χ3v) is 6.04. The monoisotopic (exact) mass is 297 g/mol. The van der Waals surface area contributed by atoms with Crippen LogP contribution in [-0.4, -0.2) is 51.7 Å². The van der Waals surface area contributed by atoms with Gasteiger partial charge in [0.1, 0.15) is 5.60 Å². The van der Waals surface area contributed by atoms with E-state index < -0.39 is 10.0 Å². The highest BCUT2D eigenvalue weighted by Crippen LogP contribution is 2.42. The summed E-state index contributed by atoms with van der Waals surface area (Å²) in [5.41, 5.74) is -0.335. The Morgan fingerprint density at radius 3 is 2.70 bits per heavy atom. The molecule has 0 amide bonds. The van der Waals surface area contributed by atoms with Gasteiger partial charge in [-0.05, 0) is 18.6 Å². The Bertz CT molecular complexity index is 566. The smallest absolute Gasteiger partial charge is 0.243 e. The van der Waals surface area contributed by atoms with E-state index in [1.807, 2.05) is 6.07 Å². The third kappa shape index (κ3) is 2.16. The van der Waals surface area contributed by atoms with Crippen LogP contribution in [-0.2, 0) is 19.5 Å². The van der Waals surface area contributed by atoms with Crippen molar-refractivity contribution >= 4 is 10.0 Å². The van der Waals surface area contributed by atoms with Crippen LogP contribution >= 0.6 is 0 Å². The molecule has 2 fully saturated rings. The van der Waals surface area contributed by atoms with Crippen LogP contribution in [0.15, 0.2) is 35.2 Å². The molecule has 1 atom stereocenters.